The van der Waals surface area contributed by atoms with Crippen LogP contribution in [0.15, 0.2) is 18.5 Å². The average molecular weight is 218 g/mol. The van der Waals surface area contributed by atoms with E-state index in [9.17, 15) is 4.79 Å². The fraction of sp³-hybridized carbons (Fsp3) is 0.364. The van der Waals surface area contributed by atoms with E-state index in [-0.39, 0.29) is 5.91 Å². The van der Waals surface area contributed by atoms with Crippen LogP contribution in [0.5, 0.6) is 0 Å². The lowest BCUT2D eigenvalue weighted by Crippen LogP contribution is -2.31. The van der Waals surface area contributed by atoms with Crippen LogP contribution in [-0.4, -0.2) is 38.8 Å². The van der Waals surface area contributed by atoms with Crippen molar-refractivity contribution in [3.63, 3.8) is 0 Å². The molecule has 84 valence electrons. The van der Waals surface area contributed by atoms with E-state index in [1.807, 2.05) is 19.9 Å². The fourth-order valence-corrected chi connectivity index (χ4v) is 1.61. The van der Waals surface area contributed by atoms with Gasteiger partial charge in [0.15, 0.2) is 5.65 Å². The summed E-state index contributed by atoms with van der Waals surface area (Å²) in [6, 6.07) is 3.55. The Bertz CT molecular complexity index is 501. The summed E-state index contributed by atoms with van der Waals surface area (Å²) >= 11 is 0. The number of pyridine rings is 1. The molecule has 1 N–H and O–H groups in total. The first-order chi connectivity index (χ1) is 7.76. The van der Waals surface area contributed by atoms with E-state index >= 15 is 0 Å². The topological polar surface area (TPSA) is 61.9 Å². The lowest BCUT2D eigenvalue weighted by Gasteiger charge is -2.17. The molecule has 0 spiro atoms. The zero-order valence-corrected chi connectivity index (χ0v) is 9.40. The lowest BCUT2D eigenvalue weighted by atomic mass is 10.3. The molecule has 2 aromatic heterocycles. The van der Waals surface area contributed by atoms with Crippen molar-refractivity contribution in [2.45, 2.75) is 13.8 Å². The number of hydrogen-bond acceptors (Lipinski definition) is 3. The Labute approximate surface area is 93.5 Å². The van der Waals surface area contributed by atoms with Gasteiger partial charge in [-0.15, -0.1) is 0 Å². The third-order valence-corrected chi connectivity index (χ3v) is 2.55. The molecule has 2 aromatic rings. The Kier molecular flexibility index (Phi) is 2.85. The van der Waals surface area contributed by atoms with Gasteiger partial charge in [-0.3, -0.25) is 4.79 Å². The highest BCUT2D eigenvalue weighted by Crippen LogP contribution is 2.09. The van der Waals surface area contributed by atoms with Crippen molar-refractivity contribution in [2.24, 2.45) is 0 Å². The summed E-state index contributed by atoms with van der Waals surface area (Å²) in [5.74, 6) is -0.0464. The maximum atomic E-state index is 12.0. The quantitative estimate of drug-likeness (QED) is 0.847. The van der Waals surface area contributed by atoms with E-state index in [0.717, 1.165) is 5.52 Å². The van der Waals surface area contributed by atoms with Gasteiger partial charge in [0.2, 0.25) is 0 Å². The number of rotatable bonds is 3. The zero-order valence-electron chi connectivity index (χ0n) is 9.40. The molecule has 0 atom stereocenters. The predicted octanol–water partition coefficient (Wildman–Crippen LogP) is 1.44. The molecule has 0 unspecified atom stereocenters. The van der Waals surface area contributed by atoms with Crippen LogP contribution in [-0.2, 0) is 0 Å². The third-order valence-electron chi connectivity index (χ3n) is 2.55. The van der Waals surface area contributed by atoms with Gasteiger partial charge < -0.3 is 9.88 Å². The van der Waals surface area contributed by atoms with E-state index in [1.54, 1.807) is 17.3 Å². The van der Waals surface area contributed by atoms with Crippen molar-refractivity contribution in [2.75, 3.05) is 13.1 Å². The van der Waals surface area contributed by atoms with E-state index in [1.165, 1.54) is 0 Å². The van der Waals surface area contributed by atoms with Crippen molar-refractivity contribution in [3.05, 3.63) is 24.2 Å². The van der Waals surface area contributed by atoms with Gasteiger partial charge in [0.25, 0.3) is 5.91 Å². The largest absolute Gasteiger partial charge is 0.343 e. The summed E-state index contributed by atoms with van der Waals surface area (Å²) in [4.78, 5) is 24.9. The molecule has 16 heavy (non-hydrogen) atoms. The molecular weight excluding hydrogens is 204 g/mol. The van der Waals surface area contributed by atoms with Crippen LogP contribution < -0.4 is 0 Å². The molecule has 0 saturated carbocycles. The molecule has 5 heteroatoms. The van der Waals surface area contributed by atoms with Crippen LogP contribution in [0.3, 0.4) is 0 Å². The first-order valence-electron chi connectivity index (χ1n) is 5.35. The van der Waals surface area contributed by atoms with Gasteiger partial charge in [0, 0.05) is 13.1 Å². The molecule has 5 nitrogen and oxygen atoms in total. The van der Waals surface area contributed by atoms with Crippen LogP contribution in [0.2, 0.25) is 0 Å². The lowest BCUT2D eigenvalue weighted by molar-refractivity contribution is 0.0767. The second-order valence-electron chi connectivity index (χ2n) is 3.45. The summed E-state index contributed by atoms with van der Waals surface area (Å²) < 4.78 is 0. The van der Waals surface area contributed by atoms with Gasteiger partial charge in [0.1, 0.15) is 5.69 Å². The summed E-state index contributed by atoms with van der Waals surface area (Å²) in [6.07, 6.45) is 1.57. The zero-order chi connectivity index (χ0) is 11.5. The second kappa shape index (κ2) is 4.30. The monoisotopic (exact) mass is 218 g/mol. The smallest absolute Gasteiger partial charge is 0.272 e. The first-order valence-corrected chi connectivity index (χ1v) is 5.35. The number of fused-ring (bicyclic) bond motifs is 1. The Morgan fingerprint density at radius 2 is 2.12 bits per heavy atom. The van der Waals surface area contributed by atoms with Crippen LogP contribution in [0.1, 0.15) is 24.3 Å². The minimum absolute atomic E-state index is 0.0464. The highest BCUT2D eigenvalue weighted by Gasteiger charge is 2.14. The predicted molar refractivity (Wildman–Crippen MR) is 61.1 cm³/mol. The minimum atomic E-state index is -0.0464. The number of H-pyrrole nitrogens is 1. The van der Waals surface area contributed by atoms with Gasteiger partial charge in [-0.2, -0.15) is 0 Å². The van der Waals surface area contributed by atoms with E-state index in [2.05, 4.69) is 15.0 Å². The van der Waals surface area contributed by atoms with Crippen LogP contribution in [0.25, 0.3) is 11.2 Å². The van der Waals surface area contributed by atoms with E-state index < -0.39 is 0 Å². The van der Waals surface area contributed by atoms with Crippen molar-refractivity contribution in [1.29, 1.82) is 0 Å². The van der Waals surface area contributed by atoms with Gasteiger partial charge in [-0.1, -0.05) is 0 Å². The van der Waals surface area contributed by atoms with Crippen LogP contribution >= 0.6 is 0 Å². The normalized spacial score (nSPS) is 10.6. The minimum Gasteiger partial charge on any atom is -0.343 e. The van der Waals surface area contributed by atoms with Crippen molar-refractivity contribution in [1.82, 2.24) is 19.9 Å². The molecule has 0 aliphatic heterocycles. The SMILES string of the molecule is CCN(CC)C(=O)c1ccc2[nH]cnc2n1. The Balaban J connectivity index is 2.35. The molecule has 0 aliphatic rings. The maximum absolute atomic E-state index is 12.0. The highest BCUT2D eigenvalue weighted by molar-refractivity contribution is 5.94. The Hall–Kier alpha value is -1.91. The second-order valence-corrected chi connectivity index (χ2v) is 3.45. The molecule has 0 radical (unpaired) electrons. The van der Waals surface area contributed by atoms with Crippen molar-refractivity contribution >= 4 is 17.1 Å². The fourth-order valence-electron chi connectivity index (χ4n) is 1.61. The van der Waals surface area contributed by atoms with Crippen LogP contribution in [0.4, 0.5) is 0 Å². The van der Waals surface area contributed by atoms with Gasteiger partial charge in [0.05, 0.1) is 11.8 Å². The molecule has 0 fully saturated rings. The van der Waals surface area contributed by atoms with Gasteiger partial charge in [-0.05, 0) is 26.0 Å². The van der Waals surface area contributed by atoms with Gasteiger partial charge >= 0.3 is 0 Å². The number of imidazole rings is 1. The maximum Gasteiger partial charge on any atom is 0.272 e. The third kappa shape index (κ3) is 1.76. The summed E-state index contributed by atoms with van der Waals surface area (Å²) in [5.41, 5.74) is 1.87. The number of aromatic amines is 1. The van der Waals surface area contributed by atoms with E-state index in [4.69, 9.17) is 0 Å². The molecule has 0 bridgehead atoms. The number of carbonyl (C=O) groups excluding carboxylic acids is 1. The number of carbonyl (C=O) groups is 1. The van der Waals surface area contributed by atoms with Gasteiger partial charge in [-0.25, -0.2) is 9.97 Å². The Morgan fingerprint density at radius 3 is 2.81 bits per heavy atom. The number of amides is 1. The summed E-state index contributed by atoms with van der Waals surface area (Å²) in [5, 5.41) is 0. The molecular formula is C11H14N4O. The number of hydrogen-bond donors (Lipinski definition) is 1. The average Bonchev–Trinajstić information content (AvgIpc) is 2.77. The molecule has 0 aromatic carbocycles. The first kappa shape index (κ1) is 10.6. The molecule has 2 heterocycles. The van der Waals surface area contributed by atoms with Crippen LogP contribution in [0, 0.1) is 0 Å². The van der Waals surface area contributed by atoms with Crippen molar-refractivity contribution in [3.8, 4) is 0 Å². The number of nitrogens with zero attached hydrogens (tertiary/aromatic N) is 3. The molecule has 0 aliphatic carbocycles. The number of aromatic nitrogens is 3. The summed E-state index contributed by atoms with van der Waals surface area (Å²) in [6.45, 7) is 5.29. The highest BCUT2D eigenvalue weighted by atomic mass is 16.2. The summed E-state index contributed by atoms with van der Waals surface area (Å²) in [7, 11) is 0. The molecule has 2 rings (SSSR count). The number of nitrogens with one attached hydrogen (secondary N) is 1. The molecule has 0 saturated heterocycles. The Morgan fingerprint density at radius 1 is 1.38 bits per heavy atom. The molecule has 1 amide bonds. The standard InChI is InChI=1S/C11H14N4O/c1-3-15(4-2)11(16)9-6-5-8-10(14-9)13-7-12-8/h5-7H,3-4H2,1-2H3,(H,12,13,14). The van der Waals surface area contributed by atoms with E-state index in [0.29, 0.717) is 24.4 Å². The van der Waals surface area contributed by atoms with Crippen molar-refractivity contribution < 1.29 is 4.79 Å².